The van der Waals surface area contributed by atoms with Gasteiger partial charge in [-0.25, -0.2) is 0 Å². The Balaban J connectivity index is 2.53. The van der Waals surface area contributed by atoms with Crippen molar-refractivity contribution in [1.29, 1.82) is 0 Å². The van der Waals surface area contributed by atoms with E-state index >= 15 is 0 Å². The Labute approximate surface area is 105 Å². The van der Waals surface area contributed by atoms with Crippen LogP contribution in [0.25, 0.3) is 10.9 Å². The second-order valence-corrected chi connectivity index (χ2v) is 4.33. The van der Waals surface area contributed by atoms with Crippen molar-refractivity contribution in [3.05, 3.63) is 36.0 Å². The first-order valence-electron chi connectivity index (χ1n) is 6.03. The van der Waals surface area contributed by atoms with Crippen LogP contribution in [0.2, 0.25) is 0 Å². The van der Waals surface area contributed by atoms with Crippen molar-refractivity contribution in [2.24, 2.45) is 5.73 Å². The highest BCUT2D eigenvalue weighted by Crippen LogP contribution is 2.22. The molecule has 0 saturated heterocycles. The second-order valence-electron chi connectivity index (χ2n) is 4.33. The van der Waals surface area contributed by atoms with E-state index < -0.39 is 5.91 Å². The van der Waals surface area contributed by atoms with Gasteiger partial charge < -0.3 is 10.3 Å². The Bertz CT molecular complexity index is 599. The molecule has 1 heterocycles. The average Bonchev–Trinajstić information content (AvgIpc) is 2.68. The molecule has 0 unspecified atom stereocenters. The molecular weight excluding hydrogens is 228 g/mol. The van der Waals surface area contributed by atoms with Crippen molar-refractivity contribution in [2.75, 3.05) is 0 Å². The number of hydrogen-bond donors (Lipinski definition) is 1. The van der Waals surface area contributed by atoms with Crippen molar-refractivity contribution >= 4 is 22.6 Å². The van der Waals surface area contributed by atoms with E-state index in [9.17, 15) is 9.59 Å². The lowest BCUT2D eigenvalue weighted by molar-refractivity contribution is -0.118. The SMILES string of the molecule is CCCC(=O)c1cn(CC(N)=O)c2ccccc12. The minimum Gasteiger partial charge on any atom is -0.368 e. The van der Waals surface area contributed by atoms with Gasteiger partial charge in [-0.2, -0.15) is 0 Å². The van der Waals surface area contributed by atoms with Crippen LogP contribution in [0.15, 0.2) is 30.5 Å². The summed E-state index contributed by atoms with van der Waals surface area (Å²) in [5, 5.41) is 0.886. The van der Waals surface area contributed by atoms with Crippen molar-refractivity contribution < 1.29 is 9.59 Å². The standard InChI is InChI=1S/C14H16N2O2/c1-2-5-13(17)11-8-16(9-14(15)18)12-7-4-3-6-10(11)12/h3-4,6-8H,2,5,9H2,1H3,(H2,15,18). The molecule has 0 aliphatic heterocycles. The van der Waals surface area contributed by atoms with Crippen molar-refractivity contribution in [3.63, 3.8) is 0 Å². The van der Waals surface area contributed by atoms with E-state index in [-0.39, 0.29) is 12.3 Å². The maximum absolute atomic E-state index is 12.0. The number of para-hydroxylation sites is 1. The highest BCUT2D eigenvalue weighted by molar-refractivity contribution is 6.08. The summed E-state index contributed by atoms with van der Waals surface area (Å²) in [6, 6.07) is 7.56. The molecule has 18 heavy (non-hydrogen) atoms. The number of carbonyl (C=O) groups is 2. The molecule has 1 aromatic carbocycles. The molecule has 1 aromatic heterocycles. The highest BCUT2D eigenvalue weighted by Gasteiger charge is 2.14. The van der Waals surface area contributed by atoms with Crippen molar-refractivity contribution in [3.8, 4) is 0 Å². The quantitative estimate of drug-likeness (QED) is 0.818. The van der Waals surface area contributed by atoms with E-state index in [1.54, 1.807) is 10.8 Å². The summed E-state index contributed by atoms with van der Waals surface area (Å²) in [5.74, 6) is -0.304. The number of rotatable bonds is 5. The predicted molar refractivity (Wildman–Crippen MR) is 70.4 cm³/mol. The number of ketones is 1. The van der Waals surface area contributed by atoms with Crippen molar-refractivity contribution in [2.45, 2.75) is 26.3 Å². The molecule has 2 N–H and O–H groups in total. The van der Waals surface area contributed by atoms with Gasteiger partial charge in [-0.15, -0.1) is 0 Å². The fourth-order valence-corrected chi connectivity index (χ4v) is 2.13. The Morgan fingerprint density at radius 3 is 2.67 bits per heavy atom. The van der Waals surface area contributed by atoms with Gasteiger partial charge in [-0.3, -0.25) is 9.59 Å². The molecule has 1 amide bonds. The number of benzene rings is 1. The first kappa shape index (κ1) is 12.4. The Hall–Kier alpha value is -2.10. The topological polar surface area (TPSA) is 65.1 Å². The molecule has 2 aromatic rings. The molecule has 0 aliphatic rings. The molecular formula is C14H16N2O2. The van der Waals surface area contributed by atoms with E-state index in [0.717, 1.165) is 17.3 Å². The summed E-state index contributed by atoms with van der Waals surface area (Å²) in [6.45, 7) is 2.07. The lowest BCUT2D eigenvalue weighted by atomic mass is 10.1. The molecule has 0 atom stereocenters. The van der Waals surface area contributed by atoms with Gasteiger partial charge >= 0.3 is 0 Å². The summed E-state index contributed by atoms with van der Waals surface area (Å²) in [7, 11) is 0. The van der Waals surface area contributed by atoms with E-state index in [2.05, 4.69) is 0 Å². The van der Waals surface area contributed by atoms with Gasteiger partial charge in [-0.1, -0.05) is 25.1 Å². The molecule has 0 bridgehead atoms. The smallest absolute Gasteiger partial charge is 0.237 e. The predicted octanol–water partition coefficient (Wildman–Crippen LogP) is 2.11. The molecule has 0 spiro atoms. The fourth-order valence-electron chi connectivity index (χ4n) is 2.13. The van der Waals surface area contributed by atoms with E-state index in [4.69, 9.17) is 5.73 Å². The van der Waals surface area contributed by atoms with Crippen LogP contribution in [0.1, 0.15) is 30.1 Å². The Morgan fingerprint density at radius 2 is 2.00 bits per heavy atom. The molecule has 0 radical (unpaired) electrons. The van der Waals surface area contributed by atoms with E-state index in [0.29, 0.717) is 12.0 Å². The highest BCUT2D eigenvalue weighted by atomic mass is 16.1. The van der Waals surface area contributed by atoms with Crippen LogP contribution in [0.4, 0.5) is 0 Å². The van der Waals surface area contributed by atoms with Crippen LogP contribution in [0, 0.1) is 0 Å². The van der Waals surface area contributed by atoms with Crippen LogP contribution in [-0.2, 0) is 11.3 Å². The van der Waals surface area contributed by atoms with Gasteiger partial charge in [0.2, 0.25) is 5.91 Å². The monoisotopic (exact) mass is 244 g/mol. The summed E-state index contributed by atoms with van der Waals surface area (Å²) >= 11 is 0. The third-order valence-corrected chi connectivity index (χ3v) is 2.89. The minimum atomic E-state index is -0.412. The number of amides is 1. The molecule has 0 aliphatic carbocycles. The number of Topliss-reactive ketones (excluding diaryl/α,β-unsaturated/α-hetero) is 1. The fraction of sp³-hybridized carbons (Fsp3) is 0.286. The van der Waals surface area contributed by atoms with Gasteiger partial charge in [0.15, 0.2) is 5.78 Å². The van der Waals surface area contributed by atoms with Gasteiger partial charge in [-0.05, 0) is 12.5 Å². The number of nitrogens with two attached hydrogens (primary N) is 1. The summed E-state index contributed by atoms with van der Waals surface area (Å²) in [5.41, 5.74) is 6.76. The molecule has 4 nitrogen and oxygen atoms in total. The van der Waals surface area contributed by atoms with Crippen LogP contribution >= 0.6 is 0 Å². The maximum Gasteiger partial charge on any atom is 0.237 e. The number of nitrogens with zero attached hydrogens (tertiary/aromatic N) is 1. The van der Waals surface area contributed by atoms with E-state index in [1.807, 2.05) is 31.2 Å². The maximum atomic E-state index is 12.0. The normalized spacial score (nSPS) is 10.7. The lowest BCUT2D eigenvalue weighted by Gasteiger charge is -2.00. The van der Waals surface area contributed by atoms with Gasteiger partial charge in [0, 0.05) is 29.1 Å². The van der Waals surface area contributed by atoms with Gasteiger partial charge in [0.1, 0.15) is 6.54 Å². The second kappa shape index (κ2) is 5.04. The minimum absolute atomic E-state index is 0.0971. The molecule has 2 rings (SSSR count). The van der Waals surface area contributed by atoms with Crippen molar-refractivity contribution in [1.82, 2.24) is 4.57 Å². The van der Waals surface area contributed by atoms with Crippen LogP contribution in [0.5, 0.6) is 0 Å². The molecule has 4 heteroatoms. The first-order chi connectivity index (χ1) is 8.63. The number of carbonyl (C=O) groups excluding carboxylic acids is 2. The van der Waals surface area contributed by atoms with E-state index in [1.165, 1.54) is 0 Å². The van der Waals surface area contributed by atoms with Gasteiger partial charge in [0.05, 0.1) is 0 Å². The number of primary amides is 1. The van der Waals surface area contributed by atoms with Crippen LogP contribution in [0.3, 0.4) is 0 Å². The average molecular weight is 244 g/mol. The number of fused-ring (bicyclic) bond motifs is 1. The van der Waals surface area contributed by atoms with Gasteiger partial charge in [0.25, 0.3) is 0 Å². The summed E-state index contributed by atoms with van der Waals surface area (Å²) in [6.07, 6.45) is 3.06. The third kappa shape index (κ3) is 2.27. The van der Waals surface area contributed by atoms with Crippen LogP contribution in [-0.4, -0.2) is 16.3 Å². The zero-order chi connectivity index (χ0) is 13.1. The molecule has 0 saturated carbocycles. The Kier molecular flexibility index (Phi) is 3.46. The zero-order valence-electron chi connectivity index (χ0n) is 10.3. The third-order valence-electron chi connectivity index (χ3n) is 2.89. The zero-order valence-corrected chi connectivity index (χ0v) is 10.3. The molecule has 0 fully saturated rings. The lowest BCUT2D eigenvalue weighted by Crippen LogP contribution is -2.18. The summed E-state index contributed by atoms with van der Waals surface area (Å²) in [4.78, 5) is 23.1. The van der Waals surface area contributed by atoms with Crippen LogP contribution < -0.4 is 5.73 Å². The first-order valence-corrected chi connectivity index (χ1v) is 6.03. The number of hydrogen-bond acceptors (Lipinski definition) is 2. The Morgan fingerprint density at radius 1 is 1.28 bits per heavy atom. The number of aromatic nitrogens is 1. The molecule has 94 valence electrons. The summed E-state index contributed by atoms with van der Waals surface area (Å²) < 4.78 is 1.74. The largest absolute Gasteiger partial charge is 0.368 e.